The molecule has 0 atom stereocenters. The summed E-state index contributed by atoms with van der Waals surface area (Å²) in [4.78, 5) is 25.3. The van der Waals surface area contributed by atoms with E-state index in [9.17, 15) is 9.59 Å². The summed E-state index contributed by atoms with van der Waals surface area (Å²) in [6, 6.07) is 28.9. The van der Waals surface area contributed by atoms with Crippen molar-refractivity contribution in [2.24, 2.45) is 0 Å². The summed E-state index contributed by atoms with van der Waals surface area (Å²) >= 11 is 0. The van der Waals surface area contributed by atoms with Crippen LogP contribution in [-0.2, 0) is 40.1 Å². The van der Waals surface area contributed by atoms with Crippen LogP contribution in [0.25, 0.3) is 0 Å². The first kappa shape index (κ1) is 37.8. The molecule has 3 aromatic rings. The van der Waals surface area contributed by atoms with Crippen molar-refractivity contribution in [1.29, 1.82) is 0 Å². The van der Waals surface area contributed by atoms with Gasteiger partial charge in [-0.3, -0.25) is 4.79 Å². The Morgan fingerprint density at radius 3 is 1.40 bits per heavy atom. The van der Waals surface area contributed by atoms with Crippen LogP contribution in [0.1, 0.15) is 5.56 Å². The van der Waals surface area contributed by atoms with E-state index in [1.54, 1.807) is 0 Å². The average Bonchev–Trinajstić information content (AvgIpc) is 2.93. The molecule has 3 rings (SSSR count). The fraction of sp³-hybridized carbons (Fsp3) is 0.250. The Balaban J connectivity index is 0.00000149. The van der Waals surface area contributed by atoms with E-state index in [1.807, 2.05) is 96.7 Å². The standard InChI is InChI=1S/C26H22O4Si.2C3H9P.Pt/c1-29-25(27)20-24(26(28)30-2)31(22-14-8-4-9-15-22,23-16-10-5-11-17-23)19-18-21-12-6-3-7-13-21;2*1-4(2)3;/h3-17,19H,1-2H3;2*1-3H3;/q-2;;;+2/p+2. The molecule has 8 heteroatoms. The second-order valence-corrected chi connectivity index (χ2v) is 19.2. The molecule has 216 valence electrons. The van der Waals surface area contributed by atoms with E-state index in [-0.39, 0.29) is 42.1 Å². The molecule has 40 heavy (non-hydrogen) atoms. The van der Waals surface area contributed by atoms with Gasteiger partial charge in [-0.2, -0.15) is 29.8 Å². The molecule has 0 aliphatic heterocycles. The summed E-state index contributed by atoms with van der Waals surface area (Å²) in [6.07, 6.45) is 6.01. The Morgan fingerprint density at radius 2 is 1.05 bits per heavy atom. The van der Waals surface area contributed by atoms with E-state index in [1.165, 1.54) is 14.2 Å². The molecule has 0 heterocycles. The number of rotatable bonds is 7. The van der Waals surface area contributed by atoms with Crippen LogP contribution in [0.15, 0.2) is 102 Å². The molecule has 4 nitrogen and oxygen atoms in total. The first-order valence-corrected chi connectivity index (χ1v) is 20.8. The van der Waals surface area contributed by atoms with Gasteiger partial charge in [0.2, 0.25) is 5.97 Å². The summed E-state index contributed by atoms with van der Waals surface area (Å²) in [5, 5.41) is 1.92. The SMILES string of the molecule is COC(=O)[C-]=C(C(=O)OC)[Si](C=[C-]c1ccccc1)(c1ccccc1)c1ccccc1.C[PH+](C)C.C[PH+](C)C.[Pt+2]. The molecule has 0 N–H and O–H groups in total. The number of esters is 2. The molecule has 0 saturated heterocycles. The Bertz CT molecular complexity index is 1130. The summed E-state index contributed by atoms with van der Waals surface area (Å²) in [5.41, 5.74) is 2.77. The van der Waals surface area contributed by atoms with Gasteiger partial charge in [0.05, 0.1) is 14.2 Å². The zero-order valence-electron chi connectivity index (χ0n) is 24.7. The van der Waals surface area contributed by atoms with Crippen LogP contribution in [0.3, 0.4) is 0 Å². The molecule has 0 bridgehead atoms. The number of ether oxygens (including phenoxy) is 2. The van der Waals surface area contributed by atoms with E-state index < -0.39 is 20.0 Å². The van der Waals surface area contributed by atoms with Crippen LogP contribution in [-0.4, -0.2) is 74.2 Å². The van der Waals surface area contributed by atoms with Gasteiger partial charge in [-0.25, -0.2) is 0 Å². The van der Waals surface area contributed by atoms with E-state index >= 15 is 0 Å². The van der Waals surface area contributed by atoms with Gasteiger partial charge in [0, 0.05) is 40.0 Å². The zero-order chi connectivity index (χ0) is 29.3. The molecule has 3 aromatic carbocycles. The summed E-state index contributed by atoms with van der Waals surface area (Å²) in [7, 11) is -0.441. The number of carbonyl (C=O) groups excluding carboxylic acids is 2. The molecular weight excluding hydrogens is 733 g/mol. The van der Waals surface area contributed by atoms with Gasteiger partial charge >= 0.3 is 21.1 Å². The van der Waals surface area contributed by atoms with Gasteiger partial charge in [-0.1, -0.05) is 66.7 Å². The van der Waals surface area contributed by atoms with Crippen LogP contribution in [0.2, 0.25) is 0 Å². The van der Waals surface area contributed by atoms with Gasteiger partial charge in [0.15, 0.2) is 5.97 Å². The second-order valence-electron chi connectivity index (χ2n) is 9.68. The monoisotopic (exact) mass is 775 g/mol. The fourth-order valence-electron chi connectivity index (χ4n) is 3.39. The molecule has 0 aromatic heterocycles. The molecule has 0 saturated carbocycles. The third-order valence-corrected chi connectivity index (χ3v) is 9.07. The van der Waals surface area contributed by atoms with Gasteiger partial charge in [0.1, 0.15) is 8.07 Å². The molecule has 0 aliphatic carbocycles. The van der Waals surface area contributed by atoms with Crippen molar-refractivity contribution in [2.75, 3.05) is 54.2 Å². The molecule has 0 radical (unpaired) electrons. The van der Waals surface area contributed by atoms with Crippen molar-refractivity contribution in [1.82, 2.24) is 0 Å². The first-order valence-electron chi connectivity index (χ1n) is 12.7. The van der Waals surface area contributed by atoms with Gasteiger partial charge in [0.25, 0.3) is 0 Å². The van der Waals surface area contributed by atoms with Gasteiger partial charge in [-0.15, -0.1) is 23.0 Å². The zero-order valence-corrected chi connectivity index (χ0v) is 30.0. The van der Waals surface area contributed by atoms with E-state index in [4.69, 9.17) is 9.47 Å². The van der Waals surface area contributed by atoms with Crippen LogP contribution in [0.5, 0.6) is 0 Å². The summed E-state index contributed by atoms with van der Waals surface area (Å²) in [6.45, 7) is 13.6. The predicted octanol–water partition coefficient (Wildman–Crippen LogP) is 4.99. The Hall–Kier alpha value is -2.15. The number of carbonyl (C=O) groups is 2. The molecule has 0 aliphatic rings. The maximum atomic E-state index is 13.0. The number of methoxy groups -OCH3 is 2. The summed E-state index contributed by atoms with van der Waals surface area (Å²) in [5.74, 6) is -1.37. The minimum absolute atomic E-state index is 0. The van der Waals surface area contributed by atoms with Crippen LogP contribution in [0, 0.1) is 12.2 Å². The number of benzene rings is 3. The molecule has 0 unspecified atom stereocenters. The Kier molecular flexibility index (Phi) is 19.6. The smallest absolute Gasteiger partial charge is 0.550 e. The van der Waals surface area contributed by atoms with Crippen molar-refractivity contribution >= 4 is 46.2 Å². The van der Waals surface area contributed by atoms with Gasteiger partial charge in [-0.05, 0) is 26.2 Å². The van der Waals surface area contributed by atoms with Crippen LogP contribution in [0.4, 0.5) is 0 Å². The van der Waals surface area contributed by atoms with E-state index in [0.29, 0.717) is 0 Å². The van der Waals surface area contributed by atoms with Crippen molar-refractivity contribution in [3.63, 3.8) is 0 Å². The Morgan fingerprint density at radius 1 is 0.675 bits per heavy atom. The second kappa shape index (κ2) is 20.7. The molecule has 0 amide bonds. The topological polar surface area (TPSA) is 52.6 Å². The van der Waals surface area contributed by atoms with Crippen molar-refractivity contribution in [3.8, 4) is 0 Å². The normalized spacial score (nSPS) is 11.0. The fourth-order valence-corrected chi connectivity index (χ4v) is 7.32. The molecule has 0 spiro atoms. The molecular formula is C32H42O4P2PtSi+2. The average molecular weight is 776 g/mol. The van der Waals surface area contributed by atoms with E-state index in [2.05, 4.69) is 52.1 Å². The minimum Gasteiger partial charge on any atom is -0.550 e. The van der Waals surface area contributed by atoms with Crippen molar-refractivity contribution in [2.45, 2.75) is 0 Å². The van der Waals surface area contributed by atoms with Crippen molar-refractivity contribution in [3.05, 3.63) is 120 Å². The largest absolute Gasteiger partial charge is 2.00 e. The van der Waals surface area contributed by atoms with Crippen molar-refractivity contribution < 1.29 is 40.1 Å². The van der Waals surface area contributed by atoms with E-state index in [0.717, 1.165) is 15.9 Å². The Labute approximate surface area is 259 Å². The summed E-state index contributed by atoms with van der Waals surface area (Å²) < 4.78 is 9.91. The molecule has 0 fully saturated rings. The predicted molar refractivity (Wildman–Crippen MR) is 174 cm³/mol. The third kappa shape index (κ3) is 13.0. The van der Waals surface area contributed by atoms with Gasteiger partial charge < -0.3 is 14.3 Å². The maximum absolute atomic E-state index is 13.0. The number of hydrogen-bond acceptors (Lipinski definition) is 4. The van der Waals surface area contributed by atoms with Crippen LogP contribution < -0.4 is 10.4 Å². The van der Waals surface area contributed by atoms with Crippen LogP contribution >= 0.6 is 15.8 Å². The maximum Gasteiger partial charge on any atom is 2.00 e. The third-order valence-electron chi connectivity index (χ3n) is 4.88. The quantitative estimate of drug-likeness (QED) is 0.112. The first-order chi connectivity index (χ1) is 18.6. The number of hydrogen-bond donors (Lipinski definition) is 0. The minimum atomic E-state index is -3.23.